The number of rotatable bonds is 6. The highest BCUT2D eigenvalue weighted by atomic mass is 19.1. The molecule has 0 saturated carbocycles. The topological polar surface area (TPSA) is 75.0 Å². The summed E-state index contributed by atoms with van der Waals surface area (Å²) in [7, 11) is 1.37. The first-order valence-corrected chi connectivity index (χ1v) is 10.7. The molecule has 1 unspecified atom stereocenters. The Balaban J connectivity index is 1.39. The van der Waals surface area contributed by atoms with Crippen molar-refractivity contribution in [2.75, 3.05) is 62.7 Å². The van der Waals surface area contributed by atoms with Gasteiger partial charge in [0.1, 0.15) is 11.5 Å². The van der Waals surface area contributed by atoms with Crippen molar-refractivity contribution in [3.8, 4) is 5.75 Å². The maximum atomic E-state index is 14.0. The maximum absolute atomic E-state index is 14.0. The van der Waals surface area contributed by atoms with E-state index in [9.17, 15) is 14.5 Å². The van der Waals surface area contributed by atoms with Crippen LogP contribution in [0.2, 0.25) is 0 Å². The third-order valence-corrected chi connectivity index (χ3v) is 6.17. The van der Waals surface area contributed by atoms with Crippen LogP contribution in [-0.4, -0.2) is 67.7 Å². The number of piperidine rings is 1. The predicted octanol–water partition coefficient (Wildman–Crippen LogP) is 3.18. The molecule has 9 heteroatoms. The number of piperazine rings is 1. The van der Waals surface area contributed by atoms with Gasteiger partial charge in [-0.25, -0.2) is 9.37 Å². The van der Waals surface area contributed by atoms with Gasteiger partial charge < -0.3 is 14.5 Å². The number of benzene rings is 1. The van der Waals surface area contributed by atoms with E-state index in [4.69, 9.17) is 4.74 Å². The Bertz CT molecular complexity index is 906. The Morgan fingerprint density at radius 3 is 2.68 bits per heavy atom. The molecule has 8 nitrogen and oxygen atoms in total. The molecule has 1 aromatic carbocycles. The zero-order valence-electron chi connectivity index (χ0n) is 17.7. The summed E-state index contributed by atoms with van der Waals surface area (Å²) in [6, 6.07) is 8.40. The number of nitro benzene ring substituents is 1. The molecule has 2 saturated heterocycles. The molecule has 2 aliphatic rings. The fraction of sp³-hybridized carbons (Fsp3) is 0.500. The van der Waals surface area contributed by atoms with Crippen LogP contribution < -0.4 is 14.5 Å². The van der Waals surface area contributed by atoms with E-state index in [1.807, 2.05) is 29.3 Å². The van der Waals surface area contributed by atoms with Crippen LogP contribution in [0.25, 0.3) is 0 Å². The van der Waals surface area contributed by atoms with Gasteiger partial charge in [0.25, 0.3) is 5.69 Å². The molecule has 166 valence electrons. The SMILES string of the molecule is COc1cc(N2CCCC(CN3CCN(c4ccccn4)CC3)C2)c([N+](=O)[O-])cc1F. The minimum Gasteiger partial charge on any atom is -0.494 e. The van der Waals surface area contributed by atoms with Crippen LogP contribution in [0.3, 0.4) is 0 Å². The minimum absolute atomic E-state index is 0.0355. The van der Waals surface area contributed by atoms with Gasteiger partial charge in [-0.05, 0) is 30.9 Å². The van der Waals surface area contributed by atoms with Crippen LogP contribution in [0.5, 0.6) is 5.75 Å². The van der Waals surface area contributed by atoms with Gasteiger partial charge in [0.2, 0.25) is 0 Å². The van der Waals surface area contributed by atoms with Gasteiger partial charge in [-0.1, -0.05) is 6.07 Å². The second-order valence-electron chi connectivity index (χ2n) is 8.16. The normalized spacial score (nSPS) is 20.0. The van der Waals surface area contributed by atoms with E-state index >= 15 is 0 Å². The number of nitrogens with zero attached hydrogens (tertiary/aromatic N) is 5. The van der Waals surface area contributed by atoms with Crippen molar-refractivity contribution in [1.82, 2.24) is 9.88 Å². The molecule has 0 aliphatic carbocycles. The number of hydrogen-bond acceptors (Lipinski definition) is 7. The van der Waals surface area contributed by atoms with Crippen molar-refractivity contribution in [2.45, 2.75) is 12.8 Å². The molecule has 0 spiro atoms. The molecule has 1 atom stereocenters. The number of halogens is 1. The lowest BCUT2D eigenvalue weighted by Crippen LogP contribution is -2.50. The number of aromatic nitrogens is 1. The van der Waals surface area contributed by atoms with Crippen molar-refractivity contribution in [2.24, 2.45) is 5.92 Å². The molecule has 3 heterocycles. The number of nitro groups is 1. The Morgan fingerprint density at radius 2 is 2.00 bits per heavy atom. The first kappa shape index (κ1) is 21.3. The highest BCUT2D eigenvalue weighted by Crippen LogP contribution is 2.36. The van der Waals surface area contributed by atoms with Crippen molar-refractivity contribution in [1.29, 1.82) is 0 Å². The third kappa shape index (κ3) is 4.87. The summed E-state index contributed by atoms with van der Waals surface area (Å²) in [6.45, 7) is 6.21. The van der Waals surface area contributed by atoms with E-state index in [1.54, 1.807) is 0 Å². The van der Waals surface area contributed by atoms with Gasteiger partial charge >= 0.3 is 0 Å². The van der Waals surface area contributed by atoms with Gasteiger partial charge in [0.15, 0.2) is 11.6 Å². The number of methoxy groups -OCH3 is 1. The second-order valence-corrected chi connectivity index (χ2v) is 8.16. The fourth-order valence-electron chi connectivity index (χ4n) is 4.59. The summed E-state index contributed by atoms with van der Waals surface area (Å²) in [5, 5.41) is 11.5. The molecule has 1 aromatic heterocycles. The molecular weight excluding hydrogens is 401 g/mol. The van der Waals surface area contributed by atoms with Crippen LogP contribution in [-0.2, 0) is 0 Å². The zero-order valence-corrected chi connectivity index (χ0v) is 17.7. The Labute approximate surface area is 181 Å². The average Bonchev–Trinajstić information content (AvgIpc) is 2.80. The first-order valence-electron chi connectivity index (χ1n) is 10.7. The van der Waals surface area contributed by atoms with Gasteiger partial charge in [0, 0.05) is 58.1 Å². The number of hydrogen-bond donors (Lipinski definition) is 0. The third-order valence-electron chi connectivity index (χ3n) is 6.17. The van der Waals surface area contributed by atoms with Crippen LogP contribution in [0.1, 0.15) is 12.8 Å². The summed E-state index contributed by atoms with van der Waals surface area (Å²) in [5.41, 5.74) is 0.232. The largest absolute Gasteiger partial charge is 0.494 e. The molecule has 0 bridgehead atoms. The number of anilines is 2. The first-order chi connectivity index (χ1) is 15.0. The Hall–Kier alpha value is -2.94. The van der Waals surface area contributed by atoms with Gasteiger partial charge in [-0.3, -0.25) is 15.0 Å². The van der Waals surface area contributed by atoms with Crippen LogP contribution in [0, 0.1) is 21.8 Å². The van der Waals surface area contributed by atoms with Crippen LogP contribution in [0.4, 0.5) is 21.6 Å². The van der Waals surface area contributed by atoms with E-state index in [-0.39, 0.29) is 11.4 Å². The van der Waals surface area contributed by atoms with Crippen LogP contribution >= 0.6 is 0 Å². The molecule has 2 aliphatic heterocycles. The monoisotopic (exact) mass is 429 g/mol. The summed E-state index contributed by atoms with van der Waals surface area (Å²) in [6.07, 6.45) is 3.86. The highest BCUT2D eigenvalue weighted by molar-refractivity contribution is 5.66. The maximum Gasteiger partial charge on any atom is 0.295 e. The molecule has 0 N–H and O–H groups in total. The average molecular weight is 429 g/mol. The van der Waals surface area contributed by atoms with Gasteiger partial charge in [0.05, 0.1) is 18.1 Å². The summed E-state index contributed by atoms with van der Waals surface area (Å²) < 4.78 is 19.1. The molecule has 4 rings (SSSR count). The standard InChI is InChI=1S/C22H28FN5O3/c1-31-21-14-19(20(28(29)30)13-18(21)23)27-8-4-5-17(16-27)15-25-9-11-26(12-10-25)22-6-2-3-7-24-22/h2-3,6-7,13-14,17H,4-5,8-12,15-16H2,1H3. The van der Waals surface area contributed by atoms with Crippen LogP contribution in [0.15, 0.2) is 36.5 Å². The van der Waals surface area contributed by atoms with Crippen molar-refractivity contribution >= 4 is 17.2 Å². The summed E-state index contributed by atoms with van der Waals surface area (Å²) in [5.74, 6) is 0.750. The van der Waals surface area contributed by atoms with E-state index in [0.29, 0.717) is 11.6 Å². The lowest BCUT2D eigenvalue weighted by molar-refractivity contribution is -0.384. The molecule has 0 amide bonds. The number of pyridine rings is 1. The zero-order chi connectivity index (χ0) is 21.8. The van der Waals surface area contributed by atoms with E-state index in [0.717, 1.165) is 70.5 Å². The molecule has 2 fully saturated rings. The molecule has 2 aromatic rings. The lowest BCUT2D eigenvalue weighted by atomic mass is 9.96. The summed E-state index contributed by atoms with van der Waals surface area (Å²) >= 11 is 0. The minimum atomic E-state index is -0.711. The molecule has 31 heavy (non-hydrogen) atoms. The Kier molecular flexibility index (Phi) is 6.50. The lowest BCUT2D eigenvalue weighted by Gasteiger charge is -2.40. The van der Waals surface area contributed by atoms with Crippen molar-refractivity contribution in [3.63, 3.8) is 0 Å². The fourth-order valence-corrected chi connectivity index (χ4v) is 4.59. The number of ether oxygens (including phenoxy) is 1. The second kappa shape index (κ2) is 9.47. The van der Waals surface area contributed by atoms with Crippen molar-refractivity contribution < 1.29 is 14.1 Å². The van der Waals surface area contributed by atoms with E-state index in [2.05, 4.69) is 14.8 Å². The predicted molar refractivity (Wildman–Crippen MR) is 117 cm³/mol. The summed E-state index contributed by atoms with van der Waals surface area (Å²) in [4.78, 5) is 22.2. The quantitative estimate of drug-likeness (QED) is 0.516. The van der Waals surface area contributed by atoms with E-state index < -0.39 is 10.7 Å². The smallest absolute Gasteiger partial charge is 0.295 e. The van der Waals surface area contributed by atoms with E-state index in [1.165, 1.54) is 13.2 Å². The molecular formula is C22H28FN5O3. The van der Waals surface area contributed by atoms with Gasteiger partial charge in [-0.15, -0.1) is 0 Å². The van der Waals surface area contributed by atoms with Gasteiger partial charge in [-0.2, -0.15) is 0 Å². The molecule has 0 radical (unpaired) electrons. The van der Waals surface area contributed by atoms with Crippen molar-refractivity contribution in [3.05, 3.63) is 52.5 Å². The Morgan fingerprint density at radius 1 is 1.19 bits per heavy atom. The highest BCUT2D eigenvalue weighted by Gasteiger charge is 2.29.